The lowest BCUT2D eigenvalue weighted by Crippen LogP contribution is -2.18. The first-order chi connectivity index (χ1) is 9.65. The molecule has 0 aliphatic heterocycles. The van der Waals surface area contributed by atoms with Crippen LogP contribution < -0.4 is 9.64 Å². The molecule has 0 spiro atoms. The molecule has 2 rings (SSSR count). The van der Waals surface area contributed by atoms with E-state index in [4.69, 9.17) is 4.74 Å². The van der Waals surface area contributed by atoms with Crippen molar-refractivity contribution in [3.05, 3.63) is 58.1 Å². The van der Waals surface area contributed by atoms with E-state index in [1.807, 2.05) is 18.2 Å². The summed E-state index contributed by atoms with van der Waals surface area (Å²) >= 11 is 7.09. The molecule has 0 aromatic heterocycles. The van der Waals surface area contributed by atoms with Crippen LogP contribution in [0.1, 0.15) is 11.1 Å². The maximum Gasteiger partial charge on any atom is 0.123 e. The number of benzene rings is 2. The van der Waals surface area contributed by atoms with Crippen LogP contribution in [-0.4, -0.2) is 14.2 Å². The van der Waals surface area contributed by atoms with E-state index in [2.05, 4.69) is 68.1 Å². The second-order valence-corrected chi connectivity index (χ2v) is 6.05. The number of hydrogen-bond acceptors (Lipinski definition) is 2. The van der Waals surface area contributed by atoms with E-state index in [9.17, 15) is 0 Å². The molecule has 20 heavy (non-hydrogen) atoms. The zero-order valence-corrected chi connectivity index (χ0v) is 14.7. The molecule has 0 fully saturated rings. The number of rotatable bonds is 5. The fourth-order valence-corrected chi connectivity index (χ4v) is 3.00. The summed E-state index contributed by atoms with van der Waals surface area (Å²) in [6, 6.07) is 14.5. The summed E-state index contributed by atoms with van der Waals surface area (Å²) in [7, 11) is 3.81. The van der Waals surface area contributed by atoms with Crippen LogP contribution in [0.5, 0.6) is 5.75 Å². The molecule has 0 bridgehead atoms. The second-order valence-electron chi connectivity index (χ2n) is 4.57. The highest BCUT2D eigenvalue weighted by Crippen LogP contribution is 2.28. The van der Waals surface area contributed by atoms with Crippen LogP contribution in [0.15, 0.2) is 46.9 Å². The van der Waals surface area contributed by atoms with Crippen molar-refractivity contribution >= 4 is 37.5 Å². The van der Waals surface area contributed by atoms with Gasteiger partial charge in [-0.2, -0.15) is 0 Å². The summed E-state index contributed by atoms with van der Waals surface area (Å²) in [6.45, 7) is 0.806. The topological polar surface area (TPSA) is 12.5 Å². The summed E-state index contributed by atoms with van der Waals surface area (Å²) in [5, 5.41) is 0.839. The third-order valence-corrected chi connectivity index (χ3v) is 4.30. The van der Waals surface area contributed by atoms with Crippen molar-refractivity contribution in [1.82, 2.24) is 0 Å². The maximum atomic E-state index is 5.42. The van der Waals surface area contributed by atoms with Gasteiger partial charge < -0.3 is 9.64 Å². The van der Waals surface area contributed by atoms with Crippen LogP contribution in [0.2, 0.25) is 0 Å². The van der Waals surface area contributed by atoms with Gasteiger partial charge in [0.05, 0.1) is 7.11 Å². The predicted molar refractivity (Wildman–Crippen MR) is 91.9 cm³/mol. The van der Waals surface area contributed by atoms with Gasteiger partial charge in [-0.05, 0) is 23.8 Å². The van der Waals surface area contributed by atoms with Crippen molar-refractivity contribution < 1.29 is 4.74 Å². The smallest absolute Gasteiger partial charge is 0.123 e. The predicted octanol–water partition coefficient (Wildman–Crippen LogP) is 4.99. The SMILES string of the molecule is COc1ccccc1CN(C)c1cc(Br)ccc1CBr. The van der Waals surface area contributed by atoms with E-state index >= 15 is 0 Å². The van der Waals surface area contributed by atoms with Gasteiger partial charge in [-0.1, -0.05) is 56.1 Å². The Bertz CT molecular complexity index is 586. The normalized spacial score (nSPS) is 10.4. The Morgan fingerprint density at radius 1 is 1.10 bits per heavy atom. The number of ether oxygens (including phenoxy) is 1. The summed E-state index contributed by atoms with van der Waals surface area (Å²) in [5.41, 5.74) is 3.66. The van der Waals surface area contributed by atoms with E-state index in [1.54, 1.807) is 7.11 Å². The molecule has 2 aromatic rings. The number of nitrogens with zero attached hydrogens (tertiary/aromatic N) is 1. The second kappa shape index (κ2) is 7.14. The molecule has 0 aliphatic carbocycles. The lowest BCUT2D eigenvalue weighted by Gasteiger charge is -2.23. The molecule has 0 unspecified atom stereocenters. The summed E-state index contributed by atoms with van der Waals surface area (Å²) < 4.78 is 6.50. The molecular formula is C16H17Br2NO. The minimum Gasteiger partial charge on any atom is -0.496 e. The number of halogens is 2. The number of methoxy groups -OCH3 is 1. The summed E-state index contributed by atoms with van der Waals surface area (Å²) in [5.74, 6) is 0.926. The highest BCUT2D eigenvalue weighted by molar-refractivity contribution is 9.10. The molecule has 0 radical (unpaired) electrons. The van der Waals surface area contributed by atoms with Crippen LogP contribution in [0.4, 0.5) is 5.69 Å². The largest absolute Gasteiger partial charge is 0.496 e. The lowest BCUT2D eigenvalue weighted by molar-refractivity contribution is 0.409. The zero-order chi connectivity index (χ0) is 14.5. The third-order valence-electron chi connectivity index (χ3n) is 3.20. The number of hydrogen-bond donors (Lipinski definition) is 0. The fourth-order valence-electron chi connectivity index (χ4n) is 2.18. The number of alkyl halides is 1. The van der Waals surface area contributed by atoms with E-state index < -0.39 is 0 Å². The average Bonchev–Trinajstić information content (AvgIpc) is 2.47. The lowest BCUT2D eigenvalue weighted by atomic mass is 10.1. The molecule has 2 aromatic carbocycles. The fraction of sp³-hybridized carbons (Fsp3) is 0.250. The maximum absolute atomic E-state index is 5.42. The highest BCUT2D eigenvalue weighted by atomic mass is 79.9. The Balaban J connectivity index is 2.28. The van der Waals surface area contributed by atoms with Crippen LogP contribution in [0, 0.1) is 0 Å². The molecule has 0 N–H and O–H groups in total. The molecule has 2 nitrogen and oxygen atoms in total. The summed E-state index contributed by atoms with van der Waals surface area (Å²) in [6.07, 6.45) is 0. The van der Waals surface area contributed by atoms with Crippen molar-refractivity contribution in [3.8, 4) is 5.75 Å². The van der Waals surface area contributed by atoms with Gasteiger partial charge in [0.25, 0.3) is 0 Å². The number of anilines is 1. The van der Waals surface area contributed by atoms with Crippen molar-refractivity contribution in [3.63, 3.8) is 0 Å². The van der Waals surface area contributed by atoms with E-state index in [0.717, 1.165) is 22.1 Å². The first-order valence-electron chi connectivity index (χ1n) is 6.33. The van der Waals surface area contributed by atoms with Gasteiger partial charge in [0, 0.05) is 34.6 Å². The monoisotopic (exact) mass is 397 g/mol. The Hall–Kier alpha value is -1.000. The molecule has 106 valence electrons. The van der Waals surface area contributed by atoms with Gasteiger partial charge >= 0.3 is 0 Å². The molecular weight excluding hydrogens is 382 g/mol. The van der Waals surface area contributed by atoms with Gasteiger partial charge in [0.1, 0.15) is 5.75 Å². The number of para-hydroxylation sites is 1. The minimum absolute atomic E-state index is 0.806. The van der Waals surface area contributed by atoms with Crippen molar-refractivity contribution in [1.29, 1.82) is 0 Å². The standard InChI is InChI=1S/C16H17Br2NO/c1-19(11-13-5-3-4-6-16(13)20-2)15-9-14(18)8-7-12(15)10-17/h3-9H,10-11H2,1-2H3. The molecule has 0 aliphatic rings. The van der Waals surface area contributed by atoms with Gasteiger partial charge in [-0.15, -0.1) is 0 Å². The van der Waals surface area contributed by atoms with Crippen LogP contribution in [0.25, 0.3) is 0 Å². The molecule has 0 atom stereocenters. The first-order valence-corrected chi connectivity index (χ1v) is 8.24. The Morgan fingerprint density at radius 2 is 1.85 bits per heavy atom. The third kappa shape index (κ3) is 3.55. The quantitative estimate of drug-likeness (QED) is 0.658. The van der Waals surface area contributed by atoms with Crippen LogP contribution in [-0.2, 0) is 11.9 Å². The van der Waals surface area contributed by atoms with Gasteiger partial charge in [-0.3, -0.25) is 0 Å². The van der Waals surface area contributed by atoms with Crippen molar-refractivity contribution in [2.24, 2.45) is 0 Å². The van der Waals surface area contributed by atoms with E-state index in [-0.39, 0.29) is 0 Å². The van der Waals surface area contributed by atoms with Crippen LogP contribution >= 0.6 is 31.9 Å². The summed E-state index contributed by atoms with van der Waals surface area (Å²) in [4.78, 5) is 2.24. The average molecular weight is 399 g/mol. The highest BCUT2D eigenvalue weighted by Gasteiger charge is 2.10. The zero-order valence-electron chi connectivity index (χ0n) is 11.6. The van der Waals surface area contributed by atoms with E-state index in [1.165, 1.54) is 16.8 Å². The molecule has 0 amide bonds. The van der Waals surface area contributed by atoms with Gasteiger partial charge in [0.2, 0.25) is 0 Å². The van der Waals surface area contributed by atoms with Gasteiger partial charge in [-0.25, -0.2) is 0 Å². The van der Waals surface area contributed by atoms with Gasteiger partial charge in [0.15, 0.2) is 0 Å². The molecule has 4 heteroatoms. The molecule has 0 saturated heterocycles. The van der Waals surface area contributed by atoms with Crippen molar-refractivity contribution in [2.45, 2.75) is 11.9 Å². The Kier molecular flexibility index (Phi) is 5.49. The van der Waals surface area contributed by atoms with Crippen LogP contribution in [0.3, 0.4) is 0 Å². The van der Waals surface area contributed by atoms with Crippen molar-refractivity contribution in [2.75, 3.05) is 19.1 Å². The Morgan fingerprint density at radius 3 is 2.55 bits per heavy atom. The minimum atomic E-state index is 0.806. The molecule has 0 heterocycles. The molecule has 0 saturated carbocycles. The van der Waals surface area contributed by atoms with E-state index in [0.29, 0.717) is 0 Å². The Labute approximate surface area is 137 Å². The first kappa shape index (κ1) is 15.4.